The van der Waals surface area contributed by atoms with E-state index in [0.29, 0.717) is 45.9 Å². The van der Waals surface area contributed by atoms with E-state index in [1.165, 1.54) is 16.8 Å². The zero-order valence-corrected chi connectivity index (χ0v) is 22.2. The molecule has 2 aromatic carbocycles. The molecule has 0 saturated heterocycles. The first-order valence-electron chi connectivity index (χ1n) is 11.7. The normalized spacial score (nSPS) is 11.5. The van der Waals surface area contributed by atoms with Gasteiger partial charge in [-0.25, -0.2) is 4.79 Å². The zero-order chi connectivity index (χ0) is 27.8. The molecule has 0 saturated carbocycles. The van der Waals surface area contributed by atoms with Crippen molar-refractivity contribution >= 4 is 40.9 Å². The number of nitrogens with zero attached hydrogens (tertiary/aromatic N) is 1. The molecule has 0 aliphatic heterocycles. The number of amides is 2. The molecule has 0 radical (unpaired) electrons. The summed E-state index contributed by atoms with van der Waals surface area (Å²) in [4.78, 5) is 37.5. The number of aromatic nitrogens is 1. The van der Waals surface area contributed by atoms with E-state index in [1.807, 2.05) is 6.92 Å². The highest BCUT2D eigenvalue weighted by molar-refractivity contribution is 6.34. The topological polar surface area (TPSA) is 139 Å². The lowest BCUT2D eigenvalue weighted by Gasteiger charge is -2.19. The van der Waals surface area contributed by atoms with Crippen LogP contribution < -0.4 is 25.7 Å². The van der Waals surface area contributed by atoms with E-state index in [-0.39, 0.29) is 6.54 Å². The number of ether oxygens (including phenoxy) is 2. The Labute approximate surface area is 228 Å². The first-order chi connectivity index (χ1) is 18.1. The maximum Gasteiger partial charge on any atom is 0.319 e. The fraction of sp³-hybridized carbons (Fsp3) is 0.269. The fourth-order valence-corrected chi connectivity index (χ4v) is 4.16. The summed E-state index contributed by atoms with van der Waals surface area (Å²) in [6.07, 6.45) is 0.904. The van der Waals surface area contributed by atoms with Crippen molar-refractivity contribution in [1.82, 2.24) is 9.88 Å². The molecular weight excluding hydrogens is 537 g/mol. The van der Waals surface area contributed by atoms with Crippen LogP contribution >= 0.6 is 23.2 Å². The largest absolute Gasteiger partial charge is 0.505 e. The summed E-state index contributed by atoms with van der Waals surface area (Å²) in [5, 5.41) is 25.2. The second-order valence-corrected chi connectivity index (χ2v) is 8.85. The predicted octanol–water partition coefficient (Wildman–Crippen LogP) is 5.04. The number of halogens is 2. The predicted molar refractivity (Wildman–Crippen MR) is 144 cm³/mol. The Morgan fingerprint density at radius 1 is 1.05 bits per heavy atom. The molecule has 12 heteroatoms. The van der Waals surface area contributed by atoms with Crippen molar-refractivity contribution in [2.45, 2.75) is 32.9 Å². The summed E-state index contributed by atoms with van der Waals surface area (Å²) in [5.41, 5.74) is -0.202. The van der Waals surface area contributed by atoms with Crippen LogP contribution in [0.5, 0.6) is 17.2 Å². The van der Waals surface area contributed by atoms with Gasteiger partial charge in [-0.05, 0) is 49.7 Å². The molecule has 4 N–H and O–H groups in total. The Bertz CT molecular complexity index is 1380. The van der Waals surface area contributed by atoms with E-state index in [9.17, 15) is 24.6 Å². The highest BCUT2D eigenvalue weighted by Gasteiger charge is 2.21. The second-order valence-electron chi connectivity index (χ2n) is 8.03. The van der Waals surface area contributed by atoms with Crippen molar-refractivity contribution in [1.29, 1.82) is 0 Å². The molecule has 10 nitrogen and oxygen atoms in total. The first kappa shape index (κ1) is 28.7. The lowest BCUT2D eigenvalue weighted by molar-refractivity contribution is -0.137. The van der Waals surface area contributed by atoms with Crippen molar-refractivity contribution < 1.29 is 29.3 Å². The Hall–Kier alpha value is -3.89. The molecule has 1 aromatic heterocycles. The van der Waals surface area contributed by atoms with Gasteiger partial charge in [-0.1, -0.05) is 35.3 Å². The molecule has 3 rings (SSSR count). The van der Waals surface area contributed by atoms with Gasteiger partial charge in [0.25, 0.3) is 5.56 Å². The van der Waals surface area contributed by atoms with Gasteiger partial charge in [0.15, 0.2) is 5.69 Å². The SMILES string of the molecule is CCOc1cccc([C@H](CC(=O)O)NC(=O)Nc2c(O)ccn(Cc3c(Cl)ccc(Cl)c3OCC)c2=O)c1. The minimum absolute atomic E-state index is 0.0595. The molecule has 38 heavy (non-hydrogen) atoms. The molecular formula is C26H27Cl2N3O7. The molecule has 0 fully saturated rings. The number of anilines is 1. The van der Waals surface area contributed by atoms with Gasteiger partial charge in [0.2, 0.25) is 0 Å². The quantitative estimate of drug-likeness (QED) is 0.256. The van der Waals surface area contributed by atoms with E-state index in [4.69, 9.17) is 32.7 Å². The third kappa shape index (κ3) is 7.11. The van der Waals surface area contributed by atoms with E-state index in [2.05, 4.69) is 10.6 Å². The number of aliphatic carboxylic acids is 1. The Balaban J connectivity index is 1.87. The van der Waals surface area contributed by atoms with Crippen LogP contribution in [0.15, 0.2) is 53.5 Å². The van der Waals surface area contributed by atoms with E-state index < -0.39 is 41.5 Å². The van der Waals surface area contributed by atoms with Gasteiger partial charge in [-0.3, -0.25) is 9.59 Å². The van der Waals surface area contributed by atoms with Crippen LogP contribution in [0, 0.1) is 0 Å². The summed E-state index contributed by atoms with van der Waals surface area (Å²) in [6.45, 7) is 4.25. The molecule has 1 heterocycles. The number of aromatic hydroxyl groups is 1. The van der Waals surface area contributed by atoms with Crippen LogP contribution in [0.3, 0.4) is 0 Å². The third-order valence-electron chi connectivity index (χ3n) is 5.41. The second kappa shape index (κ2) is 13.1. The Kier molecular flexibility index (Phi) is 9.86. The van der Waals surface area contributed by atoms with Gasteiger partial charge in [-0.2, -0.15) is 0 Å². The van der Waals surface area contributed by atoms with Crippen molar-refractivity contribution in [3.05, 3.63) is 80.2 Å². The third-order valence-corrected chi connectivity index (χ3v) is 6.06. The van der Waals surface area contributed by atoms with Gasteiger partial charge in [-0.15, -0.1) is 0 Å². The van der Waals surface area contributed by atoms with Gasteiger partial charge in [0, 0.05) is 16.8 Å². The maximum absolute atomic E-state index is 13.2. The summed E-state index contributed by atoms with van der Waals surface area (Å²) in [6, 6.07) is 9.20. The highest BCUT2D eigenvalue weighted by atomic mass is 35.5. The van der Waals surface area contributed by atoms with Crippen LogP contribution in [-0.4, -0.2) is 40.0 Å². The fourth-order valence-electron chi connectivity index (χ4n) is 3.72. The number of carbonyl (C=O) groups is 2. The first-order valence-corrected chi connectivity index (χ1v) is 12.4. The molecule has 0 aliphatic carbocycles. The van der Waals surface area contributed by atoms with Gasteiger partial charge in [0.1, 0.15) is 17.2 Å². The minimum Gasteiger partial charge on any atom is -0.505 e. The number of carboxylic acid groups (broad SMARTS) is 1. The number of hydrogen-bond donors (Lipinski definition) is 4. The molecule has 0 aliphatic rings. The van der Waals surface area contributed by atoms with Gasteiger partial charge < -0.3 is 34.9 Å². The molecule has 0 unspecified atom stereocenters. The Morgan fingerprint density at radius 3 is 2.45 bits per heavy atom. The zero-order valence-electron chi connectivity index (χ0n) is 20.7. The summed E-state index contributed by atoms with van der Waals surface area (Å²) < 4.78 is 12.3. The van der Waals surface area contributed by atoms with Crippen LogP contribution in [0.25, 0.3) is 0 Å². The van der Waals surface area contributed by atoms with Crippen LogP contribution in [0.1, 0.15) is 37.4 Å². The average molecular weight is 564 g/mol. The molecule has 0 bridgehead atoms. The Morgan fingerprint density at radius 2 is 1.76 bits per heavy atom. The van der Waals surface area contributed by atoms with E-state index in [0.717, 1.165) is 0 Å². The monoisotopic (exact) mass is 563 g/mol. The molecule has 3 aromatic rings. The minimum atomic E-state index is -1.15. The number of pyridine rings is 1. The summed E-state index contributed by atoms with van der Waals surface area (Å²) in [5.74, 6) is -0.792. The van der Waals surface area contributed by atoms with E-state index in [1.54, 1.807) is 43.3 Å². The molecule has 1 atom stereocenters. The van der Waals surface area contributed by atoms with Crippen molar-refractivity contribution in [3.8, 4) is 17.2 Å². The van der Waals surface area contributed by atoms with Crippen molar-refractivity contribution in [2.24, 2.45) is 0 Å². The maximum atomic E-state index is 13.2. The van der Waals surface area contributed by atoms with Gasteiger partial charge in [0.05, 0.1) is 37.2 Å². The van der Waals surface area contributed by atoms with Crippen molar-refractivity contribution in [3.63, 3.8) is 0 Å². The number of rotatable bonds is 11. The van der Waals surface area contributed by atoms with Gasteiger partial charge >= 0.3 is 12.0 Å². The number of carboxylic acids is 1. The number of hydrogen-bond acceptors (Lipinski definition) is 6. The number of urea groups is 1. The lowest BCUT2D eigenvalue weighted by atomic mass is 10.0. The average Bonchev–Trinajstić information content (AvgIpc) is 2.87. The highest BCUT2D eigenvalue weighted by Crippen LogP contribution is 2.35. The number of carbonyl (C=O) groups excluding carboxylic acids is 1. The van der Waals surface area contributed by atoms with E-state index >= 15 is 0 Å². The smallest absolute Gasteiger partial charge is 0.319 e. The molecule has 2 amide bonds. The molecule has 202 valence electrons. The van der Waals surface area contributed by atoms with Crippen LogP contribution in [0.2, 0.25) is 10.0 Å². The standard InChI is InChI=1S/C26H27Cl2N3O7/c1-3-37-16-7-5-6-15(12-16)20(13-22(33)34)29-26(36)30-23-21(32)10-11-31(25(23)35)14-17-18(27)8-9-19(28)24(17)38-4-2/h5-12,20,32H,3-4,13-14H2,1-2H3,(H,33,34)(H2,29,30,36)/t20-/m0/s1. The number of benzene rings is 2. The van der Waals surface area contributed by atoms with Crippen LogP contribution in [-0.2, 0) is 11.3 Å². The number of nitrogens with one attached hydrogen (secondary N) is 2. The summed E-state index contributed by atoms with van der Waals surface area (Å²) >= 11 is 12.6. The van der Waals surface area contributed by atoms with Crippen molar-refractivity contribution in [2.75, 3.05) is 18.5 Å². The summed E-state index contributed by atoms with van der Waals surface area (Å²) in [7, 11) is 0. The molecule has 0 spiro atoms. The lowest BCUT2D eigenvalue weighted by Crippen LogP contribution is -2.36. The van der Waals surface area contributed by atoms with Crippen LogP contribution in [0.4, 0.5) is 10.5 Å².